The molecular weight excluding hydrogens is 372 g/mol. The Morgan fingerprint density at radius 2 is 2.19 bits per heavy atom. The molecule has 120 valence electrons. The fourth-order valence-electron chi connectivity index (χ4n) is 2.64. The molecule has 21 heavy (non-hydrogen) atoms. The molecule has 4 nitrogen and oxygen atoms in total. The second kappa shape index (κ2) is 7.55. The SMILES string of the molecule is CCCNCc1cc(S(=O)(=O)NC2CCCC2C)c(Br)s1. The smallest absolute Gasteiger partial charge is 0.242 e. The zero-order chi connectivity index (χ0) is 15.5. The first kappa shape index (κ1) is 17.4. The monoisotopic (exact) mass is 394 g/mol. The van der Waals surface area contributed by atoms with Crippen LogP contribution in [0, 0.1) is 5.92 Å². The molecule has 1 fully saturated rings. The number of halogens is 1. The van der Waals surface area contributed by atoms with Crippen molar-refractivity contribution in [3.05, 3.63) is 14.7 Å². The Hall–Kier alpha value is 0.0500. The molecule has 0 spiro atoms. The molecule has 7 heteroatoms. The van der Waals surface area contributed by atoms with Gasteiger partial charge in [-0.05, 0) is 53.7 Å². The molecule has 0 bridgehead atoms. The molecule has 1 aliphatic carbocycles. The van der Waals surface area contributed by atoms with Gasteiger partial charge >= 0.3 is 0 Å². The average molecular weight is 395 g/mol. The Labute approximate surface area is 139 Å². The number of thiophene rings is 1. The van der Waals surface area contributed by atoms with Gasteiger partial charge < -0.3 is 5.32 Å². The molecule has 2 N–H and O–H groups in total. The summed E-state index contributed by atoms with van der Waals surface area (Å²) in [6.45, 7) is 5.88. The fraction of sp³-hybridized carbons (Fsp3) is 0.714. The van der Waals surface area contributed by atoms with E-state index >= 15 is 0 Å². The number of hydrogen-bond acceptors (Lipinski definition) is 4. The first-order valence-electron chi connectivity index (χ1n) is 7.45. The summed E-state index contributed by atoms with van der Waals surface area (Å²) in [7, 11) is -3.43. The van der Waals surface area contributed by atoms with Crippen LogP contribution in [0.5, 0.6) is 0 Å². The van der Waals surface area contributed by atoms with Crippen LogP contribution in [-0.2, 0) is 16.6 Å². The van der Waals surface area contributed by atoms with Crippen LogP contribution in [0.2, 0.25) is 0 Å². The maximum atomic E-state index is 12.5. The Kier molecular flexibility index (Phi) is 6.25. The van der Waals surface area contributed by atoms with Crippen LogP contribution < -0.4 is 10.0 Å². The highest BCUT2D eigenvalue weighted by molar-refractivity contribution is 9.11. The van der Waals surface area contributed by atoms with E-state index in [4.69, 9.17) is 0 Å². The van der Waals surface area contributed by atoms with Gasteiger partial charge in [0, 0.05) is 17.5 Å². The summed E-state index contributed by atoms with van der Waals surface area (Å²) in [5.74, 6) is 0.419. The quantitative estimate of drug-likeness (QED) is 0.695. The Morgan fingerprint density at radius 3 is 2.81 bits per heavy atom. The molecule has 1 saturated carbocycles. The van der Waals surface area contributed by atoms with Crippen molar-refractivity contribution in [2.75, 3.05) is 6.54 Å². The van der Waals surface area contributed by atoms with Crippen LogP contribution in [0.4, 0.5) is 0 Å². The lowest BCUT2D eigenvalue weighted by Gasteiger charge is -2.16. The third kappa shape index (κ3) is 4.51. The van der Waals surface area contributed by atoms with E-state index in [0.29, 0.717) is 21.1 Å². The normalized spacial score (nSPS) is 22.8. The van der Waals surface area contributed by atoms with E-state index in [1.54, 1.807) is 6.07 Å². The van der Waals surface area contributed by atoms with Gasteiger partial charge in [-0.25, -0.2) is 13.1 Å². The van der Waals surface area contributed by atoms with Crippen molar-refractivity contribution in [3.63, 3.8) is 0 Å². The maximum absolute atomic E-state index is 12.5. The molecule has 0 radical (unpaired) electrons. The second-order valence-electron chi connectivity index (χ2n) is 5.66. The summed E-state index contributed by atoms with van der Waals surface area (Å²) in [6, 6.07) is 1.85. The van der Waals surface area contributed by atoms with Crippen LogP contribution in [-0.4, -0.2) is 21.0 Å². The van der Waals surface area contributed by atoms with Gasteiger partial charge in [0.15, 0.2) is 0 Å². The summed E-state index contributed by atoms with van der Waals surface area (Å²) < 4.78 is 28.6. The molecule has 0 saturated heterocycles. The van der Waals surface area contributed by atoms with Gasteiger partial charge in [0.2, 0.25) is 10.0 Å². The predicted octanol–water partition coefficient (Wildman–Crippen LogP) is 3.48. The van der Waals surface area contributed by atoms with E-state index in [2.05, 4.69) is 39.8 Å². The molecule has 1 aliphatic rings. The molecule has 0 aromatic carbocycles. The summed E-state index contributed by atoms with van der Waals surface area (Å²) in [6.07, 6.45) is 4.21. The van der Waals surface area contributed by atoms with Crippen molar-refractivity contribution >= 4 is 37.3 Å². The van der Waals surface area contributed by atoms with Gasteiger partial charge in [0.05, 0.1) is 3.79 Å². The third-order valence-corrected chi connectivity index (χ3v) is 7.63. The van der Waals surface area contributed by atoms with Crippen molar-refractivity contribution in [1.29, 1.82) is 0 Å². The van der Waals surface area contributed by atoms with Crippen LogP contribution in [0.25, 0.3) is 0 Å². The highest BCUT2D eigenvalue weighted by atomic mass is 79.9. The largest absolute Gasteiger partial charge is 0.312 e. The highest BCUT2D eigenvalue weighted by Gasteiger charge is 2.30. The van der Waals surface area contributed by atoms with E-state index < -0.39 is 10.0 Å². The molecule has 1 aromatic heterocycles. The minimum absolute atomic E-state index is 0.0727. The van der Waals surface area contributed by atoms with E-state index in [0.717, 1.165) is 37.1 Å². The minimum Gasteiger partial charge on any atom is -0.312 e. The van der Waals surface area contributed by atoms with Crippen molar-refractivity contribution in [2.45, 2.75) is 57.0 Å². The lowest BCUT2D eigenvalue weighted by Crippen LogP contribution is -2.36. The van der Waals surface area contributed by atoms with E-state index in [-0.39, 0.29) is 6.04 Å². The average Bonchev–Trinajstić information content (AvgIpc) is 2.97. The second-order valence-corrected chi connectivity index (χ2v) is 9.80. The fourth-order valence-corrected chi connectivity index (χ4v) is 6.67. The van der Waals surface area contributed by atoms with Crippen LogP contribution in [0.1, 0.15) is 44.4 Å². The van der Waals surface area contributed by atoms with Crippen LogP contribution >= 0.6 is 27.3 Å². The molecule has 2 rings (SSSR count). The molecule has 2 unspecified atom stereocenters. The van der Waals surface area contributed by atoms with E-state index in [1.807, 2.05) is 0 Å². The van der Waals surface area contributed by atoms with Gasteiger partial charge in [0.1, 0.15) is 4.90 Å². The molecule has 1 heterocycles. The Balaban J connectivity index is 2.08. The van der Waals surface area contributed by atoms with Gasteiger partial charge in [-0.3, -0.25) is 0 Å². The Morgan fingerprint density at radius 1 is 1.43 bits per heavy atom. The first-order chi connectivity index (χ1) is 9.94. The van der Waals surface area contributed by atoms with Crippen LogP contribution in [0.3, 0.4) is 0 Å². The van der Waals surface area contributed by atoms with E-state index in [9.17, 15) is 8.42 Å². The van der Waals surface area contributed by atoms with Gasteiger partial charge in [0.25, 0.3) is 0 Å². The summed E-state index contributed by atoms with van der Waals surface area (Å²) in [5.41, 5.74) is 0. The van der Waals surface area contributed by atoms with E-state index in [1.165, 1.54) is 11.3 Å². The molecule has 1 aromatic rings. The number of rotatable bonds is 7. The standard InChI is InChI=1S/C14H23BrN2O2S2/c1-3-7-16-9-11-8-13(14(15)20-11)21(18,19)17-12-6-4-5-10(12)2/h8,10,12,16-17H,3-7,9H2,1-2H3. The number of sulfonamides is 1. The van der Waals surface area contributed by atoms with Crippen molar-refractivity contribution in [2.24, 2.45) is 5.92 Å². The molecule has 2 atom stereocenters. The first-order valence-corrected chi connectivity index (χ1v) is 10.5. The topological polar surface area (TPSA) is 58.2 Å². The highest BCUT2D eigenvalue weighted by Crippen LogP contribution is 2.33. The zero-order valence-corrected chi connectivity index (χ0v) is 15.7. The summed E-state index contributed by atoms with van der Waals surface area (Å²) >= 11 is 4.88. The van der Waals surface area contributed by atoms with Gasteiger partial charge in [-0.15, -0.1) is 11.3 Å². The van der Waals surface area contributed by atoms with Crippen molar-refractivity contribution in [1.82, 2.24) is 10.0 Å². The van der Waals surface area contributed by atoms with Gasteiger partial charge in [-0.1, -0.05) is 20.3 Å². The maximum Gasteiger partial charge on any atom is 0.242 e. The van der Waals surface area contributed by atoms with Crippen molar-refractivity contribution in [3.8, 4) is 0 Å². The molecular formula is C14H23BrN2O2S2. The van der Waals surface area contributed by atoms with Crippen molar-refractivity contribution < 1.29 is 8.42 Å². The lowest BCUT2D eigenvalue weighted by atomic mass is 10.1. The number of hydrogen-bond donors (Lipinski definition) is 2. The Bertz CT molecular complexity index is 572. The zero-order valence-electron chi connectivity index (χ0n) is 12.5. The number of nitrogens with one attached hydrogen (secondary N) is 2. The third-order valence-electron chi connectivity index (χ3n) is 3.89. The predicted molar refractivity (Wildman–Crippen MR) is 91.1 cm³/mol. The van der Waals surface area contributed by atoms with Crippen LogP contribution in [0.15, 0.2) is 14.7 Å². The summed E-state index contributed by atoms with van der Waals surface area (Å²) in [4.78, 5) is 1.41. The molecule has 0 amide bonds. The minimum atomic E-state index is -3.43. The lowest BCUT2D eigenvalue weighted by molar-refractivity contribution is 0.476. The molecule has 0 aliphatic heterocycles. The van der Waals surface area contributed by atoms with Gasteiger partial charge in [-0.2, -0.15) is 0 Å². The summed E-state index contributed by atoms with van der Waals surface area (Å²) in [5, 5.41) is 3.30.